The van der Waals surface area contributed by atoms with Gasteiger partial charge in [-0.15, -0.1) is 0 Å². The van der Waals surface area contributed by atoms with Crippen LogP contribution in [0.15, 0.2) is 48.7 Å². The highest BCUT2D eigenvalue weighted by Crippen LogP contribution is 2.28. The molecule has 0 bridgehead atoms. The van der Waals surface area contributed by atoms with Crippen LogP contribution < -0.4 is 0 Å². The van der Waals surface area contributed by atoms with Crippen LogP contribution in [0.2, 0.25) is 0 Å². The van der Waals surface area contributed by atoms with Crippen LogP contribution in [-0.4, -0.2) is 14.6 Å². The average Bonchev–Trinajstić information content (AvgIpc) is 2.79. The van der Waals surface area contributed by atoms with Crippen molar-refractivity contribution in [3.8, 4) is 11.3 Å². The molecule has 0 amide bonds. The first-order valence-electron chi connectivity index (χ1n) is 6.16. The third-order valence-corrected chi connectivity index (χ3v) is 3.02. The van der Waals surface area contributed by atoms with Gasteiger partial charge in [-0.2, -0.15) is 5.10 Å². The van der Waals surface area contributed by atoms with Crippen LogP contribution >= 0.6 is 0 Å². The van der Waals surface area contributed by atoms with Gasteiger partial charge >= 0.3 is 0 Å². The maximum atomic E-state index is 4.70. The summed E-state index contributed by atoms with van der Waals surface area (Å²) < 4.78 is 1.94. The predicted molar refractivity (Wildman–Crippen MR) is 72.5 cm³/mol. The minimum Gasteiger partial charge on any atom is -0.227 e. The number of hydrogen-bond acceptors (Lipinski definition) is 2. The molecule has 18 heavy (non-hydrogen) atoms. The second kappa shape index (κ2) is 4.26. The van der Waals surface area contributed by atoms with Crippen molar-refractivity contribution in [1.29, 1.82) is 0 Å². The molecule has 0 aliphatic rings. The van der Waals surface area contributed by atoms with E-state index >= 15 is 0 Å². The summed E-state index contributed by atoms with van der Waals surface area (Å²) in [5.74, 6) is 0.380. The van der Waals surface area contributed by atoms with E-state index in [1.54, 1.807) is 6.20 Å². The van der Waals surface area contributed by atoms with Crippen LogP contribution in [0.3, 0.4) is 0 Å². The summed E-state index contributed by atoms with van der Waals surface area (Å²) in [5.41, 5.74) is 4.24. The Kier molecular flexibility index (Phi) is 2.59. The lowest BCUT2D eigenvalue weighted by atomic mass is 10.0. The maximum Gasteiger partial charge on any atom is 0.154 e. The lowest BCUT2D eigenvalue weighted by Crippen LogP contribution is -1.99. The summed E-state index contributed by atoms with van der Waals surface area (Å²) in [6.45, 7) is 4.34. The van der Waals surface area contributed by atoms with Gasteiger partial charge in [0.25, 0.3) is 0 Å². The van der Waals surface area contributed by atoms with E-state index in [0.29, 0.717) is 5.92 Å². The normalized spacial score (nSPS) is 11.3. The van der Waals surface area contributed by atoms with Crippen molar-refractivity contribution in [1.82, 2.24) is 14.6 Å². The molecule has 3 nitrogen and oxygen atoms in total. The van der Waals surface area contributed by atoms with Crippen molar-refractivity contribution >= 4 is 5.65 Å². The molecule has 0 N–H and O–H groups in total. The SMILES string of the molecule is CC(C)c1c(-c2ccccc2)nc2cccnn12. The number of nitrogens with zero attached hydrogens (tertiary/aromatic N) is 3. The lowest BCUT2D eigenvalue weighted by molar-refractivity contribution is 0.761. The quantitative estimate of drug-likeness (QED) is 0.682. The van der Waals surface area contributed by atoms with Gasteiger partial charge in [0.1, 0.15) is 0 Å². The Morgan fingerprint density at radius 2 is 1.78 bits per heavy atom. The molecule has 0 fully saturated rings. The zero-order chi connectivity index (χ0) is 12.5. The van der Waals surface area contributed by atoms with E-state index in [9.17, 15) is 0 Å². The van der Waals surface area contributed by atoms with Crippen LogP contribution in [0, 0.1) is 0 Å². The van der Waals surface area contributed by atoms with Crippen LogP contribution in [0.4, 0.5) is 0 Å². The predicted octanol–water partition coefficient (Wildman–Crippen LogP) is 3.52. The van der Waals surface area contributed by atoms with Gasteiger partial charge in [0.15, 0.2) is 5.65 Å². The number of fused-ring (bicyclic) bond motifs is 1. The molecule has 0 saturated heterocycles. The van der Waals surface area contributed by atoms with Crippen LogP contribution in [0.25, 0.3) is 16.9 Å². The van der Waals surface area contributed by atoms with Gasteiger partial charge in [-0.05, 0) is 18.1 Å². The molecule has 0 atom stereocenters. The maximum absolute atomic E-state index is 4.70. The Labute approximate surface area is 106 Å². The minimum atomic E-state index is 0.380. The van der Waals surface area contributed by atoms with Crippen LogP contribution in [-0.2, 0) is 0 Å². The smallest absolute Gasteiger partial charge is 0.154 e. The molecule has 90 valence electrons. The fraction of sp³-hybridized carbons (Fsp3) is 0.200. The summed E-state index contributed by atoms with van der Waals surface area (Å²) in [4.78, 5) is 4.70. The fourth-order valence-corrected chi connectivity index (χ4v) is 2.23. The topological polar surface area (TPSA) is 30.2 Å². The van der Waals surface area contributed by atoms with Crippen molar-refractivity contribution < 1.29 is 0 Å². The number of imidazole rings is 1. The van der Waals surface area contributed by atoms with E-state index in [0.717, 1.165) is 22.6 Å². The molecule has 2 heterocycles. The number of aromatic nitrogens is 3. The summed E-state index contributed by atoms with van der Waals surface area (Å²) >= 11 is 0. The zero-order valence-corrected chi connectivity index (χ0v) is 10.5. The summed E-state index contributed by atoms with van der Waals surface area (Å²) in [5, 5.41) is 4.40. The van der Waals surface area contributed by atoms with Gasteiger partial charge in [0.05, 0.1) is 11.4 Å². The second-order valence-electron chi connectivity index (χ2n) is 4.66. The first-order chi connectivity index (χ1) is 8.77. The Morgan fingerprint density at radius 1 is 1.00 bits per heavy atom. The molecule has 3 rings (SSSR count). The molecule has 3 heteroatoms. The highest BCUT2D eigenvalue weighted by Gasteiger charge is 2.16. The summed E-state index contributed by atoms with van der Waals surface area (Å²) in [6, 6.07) is 14.2. The number of hydrogen-bond donors (Lipinski definition) is 0. The Hall–Kier alpha value is -2.16. The van der Waals surface area contributed by atoms with Crippen molar-refractivity contribution in [3.05, 3.63) is 54.4 Å². The van der Waals surface area contributed by atoms with E-state index in [1.807, 2.05) is 34.8 Å². The molecule has 2 aromatic heterocycles. The summed E-state index contributed by atoms with van der Waals surface area (Å²) in [6.07, 6.45) is 1.80. The van der Waals surface area contributed by atoms with Crippen molar-refractivity contribution in [2.45, 2.75) is 19.8 Å². The average molecular weight is 237 g/mol. The highest BCUT2D eigenvalue weighted by molar-refractivity contribution is 5.66. The van der Waals surface area contributed by atoms with E-state index < -0.39 is 0 Å². The number of benzene rings is 1. The minimum absolute atomic E-state index is 0.380. The number of rotatable bonds is 2. The molecular formula is C15H15N3. The van der Waals surface area contributed by atoms with Gasteiger partial charge in [-0.1, -0.05) is 44.2 Å². The third kappa shape index (κ3) is 1.68. The lowest BCUT2D eigenvalue weighted by Gasteiger charge is -2.07. The van der Waals surface area contributed by atoms with Gasteiger partial charge in [0.2, 0.25) is 0 Å². The van der Waals surface area contributed by atoms with Gasteiger partial charge in [-0.25, -0.2) is 9.50 Å². The van der Waals surface area contributed by atoms with Gasteiger partial charge in [0, 0.05) is 11.8 Å². The van der Waals surface area contributed by atoms with E-state index in [2.05, 4.69) is 31.1 Å². The largest absolute Gasteiger partial charge is 0.227 e. The van der Waals surface area contributed by atoms with Crippen LogP contribution in [0.5, 0.6) is 0 Å². The first kappa shape index (κ1) is 11.0. The molecular weight excluding hydrogens is 222 g/mol. The standard InChI is InChI=1S/C15H15N3/c1-11(2)15-14(12-7-4-3-5-8-12)17-13-9-6-10-16-18(13)15/h3-11H,1-2H3. The Bertz CT molecular complexity index is 669. The highest BCUT2D eigenvalue weighted by atomic mass is 15.3. The van der Waals surface area contributed by atoms with Gasteiger partial charge in [-0.3, -0.25) is 0 Å². The summed E-state index contributed by atoms with van der Waals surface area (Å²) in [7, 11) is 0. The third-order valence-electron chi connectivity index (χ3n) is 3.02. The molecule has 1 aromatic carbocycles. The monoisotopic (exact) mass is 237 g/mol. The molecule has 0 aliphatic heterocycles. The molecule has 3 aromatic rings. The fourth-order valence-electron chi connectivity index (χ4n) is 2.23. The van der Waals surface area contributed by atoms with E-state index in [4.69, 9.17) is 4.98 Å². The van der Waals surface area contributed by atoms with Crippen LogP contribution in [0.1, 0.15) is 25.5 Å². The van der Waals surface area contributed by atoms with Crippen molar-refractivity contribution in [2.75, 3.05) is 0 Å². The molecule has 0 radical (unpaired) electrons. The van der Waals surface area contributed by atoms with Crippen molar-refractivity contribution in [2.24, 2.45) is 0 Å². The van der Waals surface area contributed by atoms with E-state index in [1.165, 1.54) is 0 Å². The first-order valence-corrected chi connectivity index (χ1v) is 6.16. The Balaban J connectivity index is 2.32. The molecule has 0 saturated carbocycles. The molecule has 0 spiro atoms. The van der Waals surface area contributed by atoms with Crippen molar-refractivity contribution in [3.63, 3.8) is 0 Å². The molecule has 0 aliphatic carbocycles. The second-order valence-corrected chi connectivity index (χ2v) is 4.66. The van der Waals surface area contributed by atoms with Gasteiger partial charge < -0.3 is 0 Å². The molecule has 0 unspecified atom stereocenters. The zero-order valence-electron chi connectivity index (χ0n) is 10.5. The van der Waals surface area contributed by atoms with E-state index in [-0.39, 0.29) is 0 Å². The Morgan fingerprint density at radius 3 is 2.50 bits per heavy atom.